The molecule has 0 bridgehead atoms. The van der Waals surface area contributed by atoms with Crippen LogP contribution in [0.5, 0.6) is 0 Å². The number of halogens is 1. The van der Waals surface area contributed by atoms with Crippen molar-refractivity contribution in [2.45, 2.75) is 13.8 Å². The summed E-state index contributed by atoms with van der Waals surface area (Å²) in [6.45, 7) is 3.46. The van der Waals surface area contributed by atoms with Crippen LogP contribution in [0.1, 0.15) is 19.4 Å². The number of nitrogens with two attached hydrogens (primary N) is 1. The molecule has 2 N–H and O–H groups in total. The number of nitrogens with zero attached hydrogens (tertiary/aromatic N) is 2. The molecular formula is C17H16FN3O4. The molecule has 1 aromatic carbocycles. The number of nitrogen functional groups attached to an aromatic ring is 1. The van der Waals surface area contributed by atoms with Gasteiger partial charge in [-0.1, -0.05) is 0 Å². The number of benzene rings is 1. The number of pyridine rings is 1. The minimum absolute atomic E-state index is 0.0823. The van der Waals surface area contributed by atoms with Gasteiger partial charge in [0, 0.05) is 23.9 Å². The average molecular weight is 345 g/mol. The van der Waals surface area contributed by atoms with Crippen LogP contribution >= 0.6 is 0 Å². The van der Waals surface area contributed by atoms with Gasteiger partial charge in [0.2, 0.25) is 0 Å². The molecule has 25 heavy (non-hydrogen) atoms. The van der Waals surface area contributed by atoms with Crippen LogP contribution in [0.15, 0.2) is 36.5 Å². The second-order valence-electron chi connectivity index (χ2n) is 5.13. The van der Waals surface area contributed by atoms with Gasteiger partial charge >= 0.3 is 5.97 Å². The third kappa shape index (κ3) is 3.97. The first kappa shape index (κ1) is 18.1. The standard InChI is InChI=1S/C17H16FN3O4/c1-3-25-15(22)7-10(2)11-8-12(16(19)14(9-11)21(23)24)17-13(18)5-4-6-20-17/h4-9H,3,19H2,1-2H3/b10-7+. The lowest BCUT2D eigenvalue weighted by atomic mass is 9.99. The molecule has 0 saturated carbocycles. The number of ether oxygens (including phenoxy) is 1. The normalized spacial score (nSPS) is 11.2. The summed E-state index contributed by atoms with van der Waals surface area (Å²) in [7, 11) is 0. The second kappa shape index (κ2) is 7.52. The Bertz CT molecular complexity index is 865. The first-order valence-corrected chi connectivity index (χ1v) is 7.39. The first-order valence-electron chi connectivity index (χ1n) is 7.39. The van der Waals surface area contributed by atoms with Crippen molar-refractivity contribution in [2.24, 2.45) is 0 Å². The monoisotopic (exact) mass is 345 g/mol. The fourth-order valence-electron chi connectivity index (χ4n) is 2.24. The second-order valence-corrected chi connectivity index (χ2v) is 5.13. The lowest BCUT2D eigenvalue weighted by molar-refractivity contribution is -0.383. The Morgan fingerprint density at radius 3 is 2.80 bits per heavy atom. The zero-order chi connectivity index (χ0) is 18.6. The van der Waals surface area contributed by atoms with Crippen molar-refractivity contribution in [1.82, 2.24) is 4.98 Å². The van der Waals surface area contributed by atoms with Gasteiger partial charge in [-0.3, -0.25) is 15.1 Å². The largest absolute Gasteiger partial charge is 0.463 e. The molecule has 0 aliphatic rings. The maximum atomic E-state index is 14.1. The topological polar surface area (TPSA) is 108 Å². The average Bonchev–Trinajstić information content (AvgIpc) is 2.55. The molecule has 0 saturated heterocycles. The highest BCUT2D eigenvalue weighted by Crippen LogP contribution is 2.36. The van der Waals surface area contributed by atoms with E-state index in [2.05, 4.69) is 4.98 Å². The molecule has 8 heteroatoms. The van der Waals surface area contributed by atoms with Crippen molar-refractivity contribution in [3.8, 4) is 11.3 Å². The van der Waals surface area contributed by atoms with Crippen molar-refractivity contribution in [1.29, 1.82) is 0 Å². The van der Waals surface area contributed by atoms with Crippen LogP contribution in [0.25, 0.3) is 16.8 Å². The lowest BCUT2D eigenvalue weighted by Gasteiger charge is -2.10. The summed E-state index contributed by atoms with van der Waals surface area (Å²) in [4.78, 5) is 26.1. The SMILES string of the molecule is CCOC(=O)/C=C(\C)c1cc(-c2ncccc2F)c(N)c([N+](=O)[O-])c1. The summed E-state index contributed by atoms with van der Waals surface area (Å²) in [5.41, 5.74) is 5.99. The Kier molecular flexibility index (Phi) is 5.43. The van der Waals surface area contributed by atoms with E-state index in [1.54, 1.807) is 13.8 Å². The van der Waals surface area contributed by atoms with Crippen LogP contribution in [0.2, 0.25) is 0 Å². The predicted octanol–water partition coefficient (Wildman–Crippen LogP) is 3.34. The summed E-state index contributed by atoms with van der Waals surface area (Å²) >= 11 is 0. The third-order valence-electron chi connectivity index (χ3n) is 3.44. The highest BCUT2D eigenvalue weighted by atomic mass is 19.1. The molecule has 0 unspecified atom stereocenters. The Hall–Kier alpha value is -3.29. The zero-order valence-corrected chi connectivity index (χ0v) is 13.7. The van der Waals surface area contributed by atoms with Gasteiger partial charge in [0.25, 0.3) is 5.69 Å². The minimum atomic E-state index is -0.666. The van der Waals surface area contributed by atoms with Crippen LogP contribution in [-0.2, 0) is 9.53 Å². The minimum Gasteiger partial charge on any atom is -0.463 e. The summed E-state index contributed by atoms with van der Waals surface area (Å²) in [6.07, 6.45) is 2.56. The zero-order valence-electron chi connectivity index (χ0n) is 13.7. The highest BCUT2D eigenvalue weighted by Gasteiger charge is 2.21. The van der Waals surface area contributed by atoms with Crippen molar-refractivity contribution >= 4 is 22.9 Å². The number of esters is 1. The summed E-state index contributed by atoms with van der Waals surface area (Å²) in [5.74, 6) is -1.24. The van der Waals surface area contributed by atoms with Gasteiger partial charge in [-0.2, -0.15) is 0 Å². The lowest BCUT2D eigenvalue weighted by Crippen LogP contribution is -2.03. The number of aromatic nitrogens is 1. The van der Waals surface area contributed by atoms with E-state index in [9.17, 15) is 19.3 Å². The van der Waals surface area contributed by atoms with Gasteiger partial charge in [0.15, 0.2) is 0 Å². The number of hydrogen-bond donors (Lipinski definition) is 1. The molecule has 130 valence electrons. The molecule has 2 aromatic rings. The molecule has 0 radical (unpaired) electrons. The molecule has 0 fully saturated rings. The molecule has 1 heterocycles. The Labute approximate surface area is 143 Å². The van der Waals surface area contributed by atoms with E-state index in [1.807, 2.05) is 0 Å². The maximum Gasteiger partial charge on any atom is 0.331 e. The van der Waals surface area contributed by atoms with Crippen molar-refractivity contribution in [3.05, 3.63) is 58.0 Å². The Morgan fingerprint density at radius 1 is 1.48 bits per heavy atom. The number of carbonyl (C=O) groups excluding carboxylic acids is 1. The number of anilines is 1. The Morgan fingerprint density at radius 2 is 2.20 bits per heavy atom. The van der Waals surface area contributed by atoms with Crippen molar-refractivity contribution in [2.75, 3.05) is 12.3 Å². The van der Waals surface area contributed by atoms with Crippen LogP contribution in [0.3, 0.4) is 0 Å². The quantitative estimate of drug-likeness (QED) is 0.293. The number of nitro groups is 1. The summed E-state index contributed by atoms with van der Waals surface area (Å²) in [5, 5.41) is 11.3. The van der Waals surface area contributed by atoms with Gasteiger partial charge in [-0.05, 0) is 43.2 Å². The molecule has 2 rings (SSSR count). The molecule has 0 amide bonds. The fourth-order valence-corrected chi connectivity index (χ4v) is 2.24. The fraction of sp³-hybridized carbons (Fsp3) is 0.176. The van der Waals surface area contributed by atoms with Gasteiger partial charge in [0.1, 0.15) is 17.2 Å². The third-order valence-corrected chi connectivity index (χ3v) is 3.44. The Balaban J connectivity index is 2.66. The molecule has 0 aliphatic heterocycles. The van der Waals surface area contributed by atoms with Gasteiger partial charge in [-0.15, -0.1) is 0 Å². The van der Waals surface area contributed by atoms with Crippen LogP contribution in [-0.4, -0.2) is 22.5 Å². The van der Waals surface area contributed by atoms with E-state index in [1.165, 1.54) is 36.5 Å². The molecular weight excluding hydrogens is 329 g/mol. The van der Waals surface area contributed by atoms with Crippen LogP contribution < -0.4 is 5.73 Å². The number of rotatable bonds is 5. The van der Waals surface area contributed by atoms with E-state index < -0.39 is 22.4 Å². The van der Waals surface area contributed by atoms with E-state index in [0.29, 0.717) is 11.1 Å². The van der Waals surface area contributed by atoms with E-state index >= 15 is 0 Å². The predicted molar refractivity (Wildman–Crippen MR) is 91.0 cm³/mol. The smallest absolute Gasteiger partial charge is 0.331 e. The van der Waals surface area contributed by atoms with Gasteiger partial charge in [0.05, 0.1) is 11.5 Å². The number of hydrogen-bond acceptors (Lipinski definition) is 6. The number of allylic oxidation sites excluding steroid dienone is 1. The maximum absolute atomic E-state index is 14.1. The molecule has 0 spiro atoms. The number of carbonyl (C=O) groups is 1. The summed E-state index contributed by atoms with van der Waals surface area (Å²) in [6, 6.07) is 5.27. The molecule has 1 aromatic heterocycles. The van der Waals surface area contributed by atoms with Crippen LogP contribution in [0, 0.1) is 15.9 Å². The van der Waals surface area contributed by atoms with Crippen molar-refractivity contribution < 1.29 is 18.8 Å². The first-order chi connectivity index (χ1) is 11.8. The van der Waals surface area contributed by atoms with Gasteiger partial charge in [-0.25, -0.2) is 9.18 Å². The summed E-state index contributed by atoms with van der Waals surface area (Å²) < 4.78 is 18.9. The molecule has 0 atom stereocenters. The molecule has 7 nitrogen and oxygen atoms in total. The van der Waals surface area contributed by atoms with E-state index in [-0.39, 0.29) is 23.6 Å². The highest BCUT2D eigenvalue weighted by molar-refractivity contribution is 5.93. The van der Waals surface area contributed by atoms with Gasteiger partial charge < -0.3 is 10.5 Å². The molecule has 0 aliphatic carbocycles. The van der Waals surface area contributed by atoms with Crippen molar-refractivity contribution in [3.63, 3.8) is 0 Å². The van der Waals surface area contributed by atoms with Crippen LogP contribution in [0.4, 0.5) is 15.8 Å². The number of nitro benzene ring substituents is 1. The van der Waals surface area contributed by atoms with E-state index in [0.717, 1.165) is 0 Å². The van der Waals surface area contributed by atoms with E-state index in [4.69, 9.17) is 10.5 Å².